The van der Waals surface area contributed by atoms with Gasteiger partial charge in [-0.3, -0.25) is 9.63 Å². The Hall–Kier alpha value is 0.576. The Morgan fingerprint density at radius 2 is 2.12 bits per heavy atom. The minimum absolute atomic E-state index is 0. The molecule has 1 aromatic rings. The number of benzene rings is 1. The number of amides is 1. The molecule has 1 aliphatic heterocycles. The fraction of sp³-hybridized carbons (Fsp3) is 0.417. The smallest absolute Gasteiger partial charge is 1.00 e. The number of carbonyl (C=O) groups is 1. The maximum atomic E-state index is 11.9. The second-order valence-corrected chi connectivity index (χ2v) is 5.00. The Bertz CT molecular complexity index is 428. The van der Waals surface area contributed by atoms with E-state index in [-0.39, 0.29) is 58.7 Å². The van der Waals surface area contributed by atoms with E-state index in [0.29, 0.717) is 18.2 Å². The molecule has 0 radical (unpaired) electrons. The summed E-state index contributed by atoms with van der Waals surface area (Å²) in [5.41, 5.74) is 0.469. The third-order valence-electron chi connectivity index (χ3n) is 2.66. The molecular weight excluding hydrogens is 265 g/mol. The molecular formula is C12H15ClKNO2. The maximum absolute atomic E-state index is 11.9. The predicted molar refractivity (Wildman–Crippen MR) is 62.8 cm³/mol. The molecule has 0 bridgehead atoms. The molecule has 1 heterocycles. The van der Waals surface area contributed by atoms with Crippen molar-refractivity contribution in [2.45, 2.75) is 20.4 Å². The zero-order valence-electron chi connectivity index (χ0n) is 11.4. The molecule has 1 saturated heterocycles. The summed E-state index contributed by atoms with van der Waals surface area (Å²) in [6.07, 6.45) is 0. The van der Waals surface area contributed by atoms with Crippen LogP contribution in [0.15, 0.2) is 24.3 Å². The molecule has 0 spiro atoms. The van der Waals surface area contributed by atoms with Crippen molar-refractivity contribution in [1.29, 1.82) is 0 Å². The monoisotopic (exact) mass is 279 g/mol. The zero-order valence-corrected chi connectivity index (χ0v) is 14.2. The van der Waals surface area contributed by atoms with Crippen molar-refractivity contribution in [3.8, 4) is 0 Å². The van der Waals surface area contributed by atoms with Crippen LogP contribution in [0, 0.1) is 5.41 Å². The molecule has 0 unspecified atom stereocenters. The maximum Gasteiger partial charge on any atom is 1.00 e. The molecule has 17 heavy (non-hydrogen) atoms. The van der Waals surface area contributed by atoms with Crippen molar-refractivity contribution in [3.05, 3.63) is 34.9 Å². The van der Waals surface area contributed by atoms with Gasteiger partial charge in [0.1, 0.15) is 0 Å². The van der Waals surface area contributed by atoms with Crippen LogP contribution in [0.5, 0.6) is 0 Å². The largest absolute Gasteiger partial charge is 1.00 e. The van der Waals surface area contributed by atoms with Crippen molar-refractivity contribution in [2.75, 3.05) is 6.61 Å². The van der Waals surface area contributed by atoms with Crippen LogP contribution < -0.4 is 51.4 Å². The van der Waals surface area contributed by atoms with Crippen molar-refractivity contribution < 1.29 is 62.4 Å². The third kappa shape index (κ3) is 3.53. The van der Waals surface area contributed by atoms with Crippen LogP contribution >= 0.6 is 11.6 Å². The normalized spacial score (nSPS) is 18.1. The van der Waals surface area contributed by atoms with E-state index in [1.165, 1.54) is 5.06 Å². The number of carbonyl (C=O) groups excluding carboxylic acids is 1. The molecule has 0 aliphatic carbocycles. The molecule has 88 valence electrons. The topological polar surface area (TPSA) is 29.5 Å². The van der Waals surface area contributed by atoms with E-state index in [2.05, 4.69) is 0 Å². The summed E-state index contributed by atoms with van der Waals surface area (Å²) in [5.74, 6) is 0.00687. The van der Waals surface area contributed by atoms with Crippen LogP contribution in [0.4, 0.5) is 0 Å². The van der Waals surface area contributed by atoms with Gasteiger partial charge in [-0.1, -0.05) is 29.8 Å². The molecule has 1 aromatic carbocycles. The number of hydroxylamine groups is 2. The van der Waals surface area contributed by atoms with E-state index < -0.39 is 5.41 Å². The number of nitrogens with zero attached hydrogens (tertiary/aromatic N) is 1. The van der Waals surface area contributed by atoms with E-state index in [1.807, 2.05) is 38.1 Å². The van der Waals surface area contributed by atoms with Gasteiger partial charge in [0.25, 0.3) is 5.91 Å². The molecule has 0 N–H and O–H groups in total. The Morgan fingerprint density at radius 3 is 2.65 bits per heavy atom. The van der Waals surface area contributed by atoms with Crippen LogP contribution in [0.2, 0.25) is 5.02 Å². The summed E-state index contributed by atoms with van der Waals surface area (Å²) in [5, 5.41) is 2.05. The van der Waals surface area contributed by atoms with Gasteiger partial charge in [0, 0.05) is 5.02 Å². The van der Waals surface area contributed by atoms with Gasteiger partial charge in [-0.25, -0.2) is 5.06 Å². The van der Waals surface area contributed by atoms with Gasteiger partial charge < -0.3 is 1.43 Å². The van der Waals surface area contributed by atoms with Crippen molar-refractivity contribution in [1.82, 2.24) is 5.06 Å². The molecule has 0 aromatic heterocycles. The molecule has 0 saturated carbocycles. The quantitative estimate of drug-likeness (QED) is 0.699. The predicted octanol–water partition coefficient (Wildman–Crippen LogP) is -0.244. The van der Waals surface area contributed by atoms with Crippen LogP contribution in [-0.2, 0) is 16.2 Å². The first-order valence-electron chi connectivity index (χ1n) is 5.19. The summed E-state index contributed by atoms with van der Waals surface area (Å²) in [4.78, 5) is 17.3. The Balaban J connectivity index is 0.00000144. The van der Waals surface area contributed by atoms with Crippen LogP contribution in [0.25, 0.3) is 0 Å². The minimum Gasteiger partial charge on any atom is -1.00 e. The first-order valence-corrected chi connectivity index (χ1v) is 5.57. The van der Waals surface area contributed by atoms with E-state index in [0.717, 1.165) is 5.56 Å². The average Bonchev–Trinajstić information content (AvgIpc) is 2.49. The first-order chi connectivity index (χ1) is 7.50. The number of hydrogen-bond acceptors (Lipinski definition) is 2. The van der Waals surface area contributed by atoms with Gasteiger partial charge >= 0.3 is 51.4 Å². The van der Waals surface area contributed by atoms with Gasteiger partial charge in [-0.15, -0.1) is 0 Å². The Kier molecular flexibility index (Phi) is 5.65. The van der Waals surface area contributed by atoms with Crippen LogP contribution in [0.1, 0.15) is 20.8 Å². The SMILES string of the molecule is CC1(C)CON(Cc2ccccc2Cl)C1=O.[H-].[K+]. The van der Waals surface area contributed by atoms with Gasteiger partial charge in [-0.2, -0.15) is 0 Å². The van der Waals surface area contributed by atoms with E-state index in [4.69, 9.17) is 16.4 Å². The number of rotatable bonds is 2. The average molecular weight is 280 g/mol. The van der Waals surface area contributed by atoms with Gasteiger partial charge in [0.15, 0.2) is 0 Å². The van der Waals surface area contributed by atoms with Crippen molar-refractivity contribution in [3.63, 3.8) is 0 Å². The van der Waals surface area contributed by atoms with E-state index in [9.17, 15) is 4.79 Å². The Labute approximate surface area is 150 Å². The summed E-state index contributed by atoms with van der Waals surface area (Å²) in [6.45, 7) is 4.59. The first kappa shape index (κ1) is 15.6. The summed E-state index contributed by atoms with van der Waals surface area (Å²) >= 11 is 6.03. The fourth-order valence-electron chi connectivity index (χ4n) is 1.60. The molecule has 5 heteroatoms. The van der Waals surface area contributed by atoms with Crippen molar-refractivity contribution in [2.24, 2.45) is 5.41 Å². The zero-order chi connectivity index (χ0) is 11.8. The summed E-state index contributed by atoms with van der Waals surface area (Å²) < 4.78 is 0. The molecule has 0 atom stereocenters. The standard InChI is InChI=1S/C12H14ClNO2.K.H/c1-12(2)8-16-14(11(12)15)7-9-5-3-4-6-10(9)13;;/h3-6H,7-8H2,1-2H3;;/q;+1;-1. The molecule has 3 nitrogen and oxygen atoms in total. The van der Waals surface area contributed by atoms with Crippen LogP contribution in [-0.4, -0.2) is 17.6 Å². The summed E-state index contributed by atoms with van der Waals surface area (Å²) in [6, 6.07) is 7.46. The second kappa shape index (κ2) is 6.15. The van der Waals surface area contributed by atoms with Gasteiger partial charge in [0.05, 0.1) is 18.6 Å². The molecule has 1 fully saturated rings. The van der Waals surface area contributed by atoms with Gasteiger partial charge in [0.2, 0.25) is 0 Å². The fourth-order valence-corrected chi connectivity index (χ4v) is 1.79. The Morgan fingerprint density at radius 1 is 1.47 bits per heavy atom. The number of halogens is 1. The third-order valence-corrected chi connectivity index (χ3v) is 3.03. The summed E-state index contributed by atoms with van der Waals surface area (Å²) in [7, 11) is 0. The van der Waals surface area contributed by atoms with E-state index in [1.54, 1.807) is 0 Å². The minimum atomic E-state index is -0.429. The number of hydrogen-bond donors (Lipinski definition) is 0. The second-order valence-electron chi connectivity index (χ2n) is 4.59. The van der Waals surface area contributed by atoms with Gasteiger partial charge in [-0.05, 0) is 25.5 Å². The van der Waals surface area contributed by atoms with E-state index >= 15 is 0 Å². The molecule has 1 aliphatic rings. The molecule has 2 rings (SSSR count). The molecule has 1 amide bonds. The van der Waals surface area contributed by atoms with Crippen molar-refractivity contribution >= 4 is 17.5 Å². The van der Waals surface area contributed by atoms with Crippen LogP contribution in [0.3, 0.4) is 0 Å².